The number of likely N-dealkylation sites (N-methyl/N-ethyl adjacent to an activating group) is 1. The van der Waals surface area contributed by atoms with E-state index in [2.05, 4.69) is 68.9 Å². The normalized spacial score (nSPS) is 16.0. The number of nitrogens with zero attached hydrogens (tertiary/aromatic N) is 6. The summed E-state index contributed by atoms with van der Waals surface area (Å²) in [6.45, 7) is 10.2. The molecule has 0 unspecified atom stereocenters. The fraction of sp³-hybridized carbons (Fsp3) is 0.333. The monoisotopic (exact) mass is 720 g/mol. The molecule has 0 spiro atoms. The molecular formula is C39H40N6O4S2. The van der Waals surface area contributed by atoms with Crippen LogP contribution in [0.25, 0.3) is 54.1 Å². The largest absolute Gasteiger partial charge is 0.477 e. The van der Waals surface area contributed by atoms with E-state index in [-0.39, 0.29) is 12.5 Å². The van der Waals surface area contributed by atoms with Crippen LogP contribution in [0, 0.1) is 13.8 Å². The van der Waals surface area contributed by atoms with E-state index in [1.165, 1.54) is 11.3 Å². The molecule has 12 heteroatoms. The summed E-state index contributed by atoms with van der Waals surface area (Å²) < 4.78 is 8.56. The number of fused-ring (bicyclic) bond motifs is 2. The number of aromatic carboxylic acids is 1. The average molecular weight is 721 g/mol. The molecule has 1 N–H and O–H groups in total. The van der Waals surface area contributed by atoms with Gasteiger partial charge in [0, 0.05) is 62.3 Å². The van der Waals surface area contributed by atoms with Gasteiger partial charge >= 0.3 is 5.97 Å². The van der Waals surface area contributed by atoms with Crippen LogP contribution in [0.15, 0.2) is 60.7 Å². The first-order valence-electron chi connectivity index (χ1n) is 17.3. The van der Waals surface area contributed by atoms with E-state index < -0.39 is 5.97 Å². The van der Waals surface area contributed by atoms with E-state index in [0.29, 0.717) is 37.7 Å². The third-order valence-corrected chi connectivity index (χ3v) is 12.3. The van der Waals surface area contributed by atoms with Crippen LogP contribution in [0.1, 0.15) is 25.9 Å². The lowest BCUT2D eigenvalue weighted by Gasteiger charge is -2.32. The molecule has 2 saturated heterocycles. The van der Waals surface area contributed by atoms with Gasteiger partial charge in [-0.1, -0.05) is 42.5 Å². The Kier molecular flexibility index (Phi) is 9.20. The van der Waals surface area contributed by atoms with Gasteiger partial charge in [0.1, 0.15) is 11.4 Å². The third-order valence-electron chi connectivity index (χ3n) is 9.97. The molecule has 0 saturated carbocycles. The van der Waals surface area contributed by atoms with Crippen molar-refractivity contribution in [1.82, 2.24) is 29.2 Å². The Labute approximate surface area is 304 Å². The number of aromatic nitrogens is 3. The van der Waals surface area contributed by atoms with Crippen LogP contribution in [0.5, 0.6) is 0 Å². The fourth-order valence-electron chi connectivity index (χ4n) is 7.36. The zero-order chi connectivity index (χ0) is 35.2. The summed E-state index contributed by atoms with van der Waals surface area (Å²) in [6.07, 6.45) is 0. The summed E-state index contributed by atoms with van der Waals surface area (Å²) >= 11 is 2.97. The summed E-state index contributed by atoms with van der Waals surface area (Å²) in [7, 11) is 2.12. The minimum Gasteiger partial charge on any atom is -0.477 e. The fourth-order valence-corrected chi connectivity index (χ4v) is 9.47. The van der Waals surface area contributed by atoms with Crippen LogP contribution in [0.2, 0.25) is 0 Å². The summed E-state index contributed by atoms with van der Waals surface area (Å²) in [5.41, 5.74) is 8.12. The predicted molar refractivity (Wildman–Crippen MR) is 204 cm³/mol. The topological polar surface area (TPSA) is 104 Å². The maximum Gasteiger partial charge on any atom is 0.346 e. The van der Waals surface area contributed by atoms with Crippen LogP contribution >= 0.6 is 22.7 Å². The molecule has 2 aliphatic rings. The first-order chi connectivity index (χ1) is 24.7. The standard InChI is InChI=1S/C39H40N6O4S2/c1-24-36(50-25(2)40-24)31-12-9-27-21-28(10-11-30(27)41-31)34-33(26-7-5-4-6-8-26)38-35(45(34)23-32(46)44-17-19-49-20-18-44)29(37(51-38)39(47)48)22-43-15-13-42(3)14-16-43/h4-12,21H,13-20,22-23H2,1-3H3,(H,47,48). The number of morpholine rings is 1. The quantitative estimate of drug-likeness (QED) is 0.187. The maximum absolute atomic E-state index is 14.1. The molecule has 2 aromatic carbocycles. The van der Waals surface area contributed by atoms with E-state index in [1.807, 2.05) is 36.9 Å². The number of carboxylic acid groups (broad SMARTS) is 1. The number of piperazine rings is 1. The van der Waals surface area contributed by atoms with Gasteiger partial charge in [0.25, 0.3) is 0 Å². The number of ether oxygens (including phenoxy) is 1. The van der Waals surface area contributed by atoms with Gasteiger partial charge < -0.3 is 24.2 Å². The number of thiophene rings is 1. The summed E-state index contributed by atoms with van der Waals surface area (Å²) in [5.74, 6) is -0.946. The Morgan fingerprint density at radius 2 is 1.65 bits per heavy atom. The number of thiazole rings is 1. The molecule has 2 fully saturated rings. The molecule has 10 nitrogen and oxygen atoms in total. The Bertz CT molecular complexity index is 2260. The lowest BCUT2D eigenvalue weighted by molar-refractivity contribution is -0.135. The highest BCUT2D eigenvalue weighted by atomic mass is 32.1. The molecule has 0 bridgehead atoms. The number of carbonyl (C=O) groups is 2. The molecule has 0 aliphatic carbocycles. The number of benzene rings is 2. The predicted octanol–water partition coefficient (Wildman–Crippen LogP) is 6.63. The smallest absolute Gasteiger partial charge is 0.346 e. The Morgan fingerprint density at radius 3 is 2.35 bits per heavy atom. The zero-order valence-electron chi connectivity index (χ0n) is 29.0. The Hall–Kier alpha value is -4.46. The number of hydrogen-bond acceptors (Lipinski definition) is 9. The highest BCUT2D eigenvalue weighted by Crippen LogP contribution is 2.47. The van der Waals surface area contributed by atoms with Crippen molar-refractivity contribution in [3.63, 3.8) is 0 Å². The number of hydrogen-bond donors (Lipinski definition) is 1. The molecule has 8 rings (SSSR count). The molecular weight excluding hydrogens is 681 g/mol. The maximum atomic E-state index is 14.1. The van der Waals surface area contributed by atoms with Crippen LogP contribution in [-0.2, 0) is 22.6 Å². The van der Waals surface area contributed by atoms with Crippen LogP contribution < -0.4 is 0 Å². The molecule has 1 amide bonds. The van der Waals surface area contributed by atoms with Gasteiger partial charge in [-0.15, -0.1) is 22.7 Å². The molecule has 0 radical (unpaired) electrons. The minimum absolute atomic E-state index is 0.00741. The molecule has 51 heavy (non-hydrogen) atoms. The molecule has 4 aromatic heterocycles. The van der Waals surface area contributed by atoms with Gasteiger partial charge in [-0.25, -0.2) is 14.8 Å². The van der Waals surface area contributed by atoms with Crippen molar-refractivity contribution < 1.29 is 19.4 Å². The van der Waals surface area contributed by atoms with E-state index in [0.717, 1.165) is 96.5 Å². The van der Waals surface area contributed by atoms with Crippen molar-refractivity contribution >= 4 is 55.7 Å². The van der Waals surface area contributed by atoms with E-state index in [4.69, 9.17) is 9.72 Å². The van der Waals surface area contributed by atoms with Gasteiger partial charge in [-0.2, -0.15) is 0 Å². The van der Waals surface area contributed by atoms with Crippen LogP contribution in [0.4, 0.5) is 0 Å². The number of carboxylic acids is 1. The number of pyridine rings is 1. The third kappa shape index (κ3) is 6.47. The van der Waals surface area contributed by atoms with Crippen molar-refractivity contribution in [3.05, 3.63) is 81.8 Å². The Balaban J connectivity index is 1.35. The second-order valence-corrected chi connectivity index (χ2v) is 15.6. The zero-order valence-corrected chi connectivity index (χ0v) is 30.6. The first kappa shape index (κ1) is 33.7. The van der Waals surface area contributed by atoms with Crippen molar-refractivity contribution in [2.45, 2.75) is 26.9 Å². The Morgan fingerprint density at radius 1 is 0.882 bits per heavy atom. The number of amides is 1. The number of carbonyl (C=O) groups excluding carboxylic acids is 1. The van der Waals surface area contributed by atoms with Gasteiger partial charge in [0.15, 0.2) is 0 Å². The van der Waals surface area contributed by atoms with Gasteiger partial charge in [-0.05, 0) is 50.2 Å². The second-order valence-electron chi connectivity index (χ2n) is 13.4. The van der Waals surface area contributed by atoms with Crippen LogP contribution in [0.3, 0.4) is 0 Å². The van der Waals surface area contributed by atoms with Gasteiger partial charge in [0.05, 0.1) is 55.9 Å². The van der Waals surface area contributed by atoms with Crippen molar-refractivity contribution in [1.29, 1.82) is 0 Å². The highest BCUT2D eigenvalue weighted by Gasteiger charge is 2.32. The van der Waals surface area contributed by atoms with E-state index in [1.54, 1.807) is 11.3 Å². The number of aryl methyl sites for hydroxylation is 2. The molecule has 262 valence electrons. The van der Waals surface area contributed by atoms with Crippen molar-refractivity contribution in [3.8, 4) is 33.0 Å². The van der Waals surface area contributed by atoms with Crippen molar-refractivity contribution in [2.24, 2.45) is 0 Å². The summed E-state index contributed by atoms with van der Waals surface area (Å²) in [5, 5.41) is 12.6. The average Bonchev–Trinajstić information content (AvgIpc) is 3.79. The SMILES string of the molecule is Cc1nc(C)c(-c2ccc3cc(-c4c(-c5ccccc5)c5sc(C(=O)O)c(CN6CCN(C)CC6)c5n4CC(=O)N4CCOCC4)ccc3n2)s1. The van der Waals surface area contributed by atoms with Gasteiger partial charge in [0.2, 0.25) is 5.91 Å². The molecule has 6 aromatic rings. The lowest BCUT2D eigenvalue weighted by atomic mass is 9.99. The van der Waals surface area contributed by atoms with Gasteiger partial charge in [-0.3, -0.25) is 9.69 Å². The van der Waals surface area contributed by atoms with Crippen LogP contribution in [-0.4, -0.2) is 106 Å². The first-order valence-corrected chi connectivity index (χ1v) is 19.0. The highest BCUT2D eigenvalue weighted by molar-refractivity contribution is 7.21. The lowest BCUT2D eigenvalue weighted by Crippen LogP contribution is -2.44. The van der Waals surface area contributed by atoms with E-state index >= 15 is 0 Å². The number of rotatable bonds is 8. The molecule has 0 atom stereocenters. The summed E-state index contributed by atoms with van der Waals surface area (Å²) in [4.78, 5) is 44.6. The van der Waals surface area contributed by atoms with E-state index in [9.17, 15) is 14.7 Å². The summed E-state index contributed by atoms with van der Waals surface area (Å²) in [6, 6.07) is 20.6. The molecule has 6 heterocycles. The second kappa shape index (κ2) is 13.9. The minimum atomic E-state index is -0.939. The molecule has 2 aliphatic heterocycles. The van der Waals surface area contributed by atoms with Crippen molar-refractivity contribution in [2.75, 3.05) is 59.5 Å².